The lowest BCUT2D eigenvalue weighted by Crippen LogP contribution is -2.16. The molecule has 1 aromatic heterocycles. The second-order valence-corrected chi connectivity index (χ2v) is 5.39. The lowest BCUT2D eigenvalue weighted by molar-refractivity contribution is 0.928. The van der Waals surface area contributed by atoms with Crippen LogP contribution in [0.2, 0.25) is 0 Å². The van der Waals surface area contributed by atoms with Crippen molar-refractivity contribution in [2.24, 2.45) is 0 Å². The van der Waals surface area contributed by atoms with Crippen LogP contribution in [0.4, 0.5) is 11.4 Å². The molecule has 0 amide bonds. The second kappa shape index (κ2) is 5.44. The summed E-state index contributed by atoms with van der Waals surface area (Å²) in [7, 11) is 2.10. The van der Waals surface area contributed by atoms with Crippen LogP contribution in [0.5, 0.6) is 0 Å². The van der Waals surface area contributed by atoms with E-state index in [4.69, 9.17) is 5.73 Å². The first-order valence-electron chi connectivity index (χ1n) is 7.05. The van der Waals surface area contributed by atoms with E-state index in [9.17, 15) is 0 Å². The Morgan fingerprint density at radius 3 is 2.57 bits per heavy atom. The maximum absolute atomic E-state index is 6.07. The molecule has 0 atom stereocenters. The Balaban J connectivity index is 2.03. The number of nitrogens with two attached hydrogens (primary N) is 1. The van der Waals surface area contributed by atoms with Gasteiger partial charge in [-0.1, -0.05) is 30.3 Å². The highest BCUT2D eigenvalue weighted by molar-refractivity contribution is 6.01. The number of nitrogen functional groups attached to an aromatic ring is 1. The average Bonchev–Trinajstić information content (AvgIpc) is 2.48. The number of hydrogen-bond donors (Lipinski definition) is 1. The topological polar surface area (TPSA) is 42.1 Å². The monoisotopic (exact) mass is 277 g/mol. The number of nitrogens with zero attached hydrogens (tertiary/aromatic N) is 2. The van der Waals surface area contributed by atoms with Crippen LogP contribution in [-0.4, -0.2) is 12.0 Å². The number of hydrogen-bond acceptors (Lipinski definition) is 3. The first kappa shape index (κ1) is 13.4. The van der Waals surface area contributed by atoms with Crippen molar-refractivity contribution in [1.82, 2.24) is 4.98 Å². The molecule has 0 spiro atoms. The van der Waals surface area contributed by atoms with Gasteiger partial charge in [-0.2, -0.15) is 0 Å². The molecule has 0 unspecified atom stereocenters. The van der Waals surface area contributed by atoms with Crippen LogP contribution < -0.4 is 10.6 Å². The summed E-state index contributed by atoms with van der Waals surface area (Å²) in [6, 6.07) is 16.6. The number of anilines is 2. The molecule has 1 heterocycles. The molecule has 0 aliphatic heterocycles. The quantitative estimate of drug-likeness (QED) is 0.741. The molecule has 0 aliphatic carbocycles. The number of pyridine rings is 1. The fraction of sp³-hybridized carbons (Fsp3) is 0.167. The SMILES string of the molecule is Cc1cc2c(N(C)Cc3ccccc3)ccc(N)c2cn1. The summed E-state index contributed by atoms with van der Waals surface area (Å²) in [6.07, 6.45) is 1.86. The van der Waals surface area contributed by atoms with Crippen molar-refractivity contribution in [3.05, 3.63) is 66.0 Å². The van der Waals surface area contributed by atoms with Gasteiger partial charge in [-0.3, -0.25) is 4.98 Å². The van der Waals surface area contributed by atoms with Gasteiger partial charge >= 0.3 is 0 Å². The summed E-state index contributed by atoms with van der Waals surface area (Å²) in [4.78, 5) is 6.60. The molecule has 2 N–H and O–H groups in total. The van der Waals surface area contributed by atoms with Crippen LogP contribution in [0, 0.1) is 6.92 Å². The fourth-order valence-corrected chi connectivity index (χ4v) is 2.63. The molecule has 0 saturated heterocycles. The largest absolute Gasteiger partial charge is 0.398 e. The minimum absolute atomic E-state index is 0.773. The highest BCUT2D eigenvalue weighted by Crippen LogP contribution is 2.31. The van der Waals surface area contributed by atoms with E-state index in [1.54, 1.807) is 0 Å². The molecule has 0 fully saturated rings. The summed E-state index contributed by atoms with van der Waals surface area (Å²) in [5, 5.41) is 2.17. The summed E-state index contributed by atoms with van der Waals surface area (Å²) >= 11 is 0. The van der Waals surface area contributed by atoms with Crippen molar-refractivity contribution in [2.45, 2.75) is 13.5 Å². The van der Waals surface area contributed by atoms with Crippen molar-refractivity contribution < 1.29 is 0 Å². The van der Waals surface area contributed by atoms with E-state index < -0.39 is 0 Å². The number of fused-ring (bicyclic) bond motifs is 1. The average molecular weight is 277 g/mol. The van der Waals surface area contributed by atoms with Crippen molar-refractivity contribution in [2.75, 3.05) is 17.7 Å². The van der Waals surface area contributed by atoms with Gasteiger partial charge in [0.15, 0.2) is 0 Å². The van der Waals surface area contributed by atoms with Crippen molar-refractivity contribution in [3.63, 3.8) is 0 Å². The smallest absolute Gasteiger partial charge is 0.0449 e. The zero-order valence-corrected chi connectivity index (χ0v) is 12.4. The van der Waals surface area contributed by atoms with Gasteiger partial charge in [-0.15, -0.1) is 0 Å². The highest BCUT2D eigenvalue weighted by Gasteiger charge is 2.09. The number of benzene rings is 2. The Bertz CT molecular complexity index is 766. The lowest BCUT2D eigenvalue weighted by atomic mass is 10.1. The van der Waals surface area contributed by atoms with Crippen molar-refractivity contribution in [3.8, 4) is 0 Å². The van der Waals surface area contributed by atoms with Crippen LogP contribution in [0.15, 0.2) is 54.7 Å². The zero-order chi connectivity index (χ0) is 14.8. The van der Waals surface area contributed by atoms with Crippen LogP contribution >= 0.6 is 0 Å². The summed E-state index contributed by atoms with van der Waals surface area (Å²) < 4.78 is 0. The van der Waals surface area contributed by atoms with Gasteiger partial charge in [0.1, 0.15) is 0 Å². The molecule has 0 aliphatic rings. The van der Waals surface area contributed by atoms with Gasteiger partial charge in [0.25, 0.3) is 0 Å². The molecule has 3 rings (SSSR count). The third-order valence-corrected chi connectivity index (χ3v) is 3.72. The van der Waals surface area contributed by atoms with E-state index in [0.717, 1.165) is 28.7 Å². The van der Waals surface area contributed by atoms with E-state index in [2.05, 4.69) is 53.3 Å². The highest BCUT2D eigenvalue weighted by atomic mass is 15.1. The van der Waals surface area contributed by atoms with Gasteiger partial charge in [0, 0.05) is 47.6 Å². The molecule has 0 bridgehead atoms. The second-order valence-electron chi connectivity index (χ2n) is 5.39. The standard InChI is InChI=1S/C18H19N3/c1-13-10-15-16(11-20-13)17(19)8-9-18(15)21(2)12-14-6-4-3-5-7-14/h3-11H,12,19H2,1-2H3. The Hall–Kier alpha value is -2.55. The molecular weight excluding hydrogens is 258 g/mol. The molecule has 0 saturated carbocycles. The normalized spacial score (nSPS) is 10.8. The van der Waals surface area contributed by atoms with Crippen LogP contribution in [0.3, 0.4) is 0 Å². The van der Waals surface area contributed by atoms with E-state index in [-0.39, 0.29) is 0 Å². The Morgan fingerprint density at radius 1 is 1.05 bits per heavy atom. The van der Waals surface area contributed by atoms with E-state index in [0.29, 0.717) is 0 Å². The van der Waals surface area contributed by atoms with Crippen LogP contribution in [-0.2, 0) is 6.54 Å². The lowest BCUT2D eigenvalue weighted by Gasteiger charge is -2.22. The molecule has 2 aromatic carbocycles. The van der Waals surface area contributed by atoms with Crippen LogP contribution in [0.1, 0.15) is 11.3 Å². The van der Waals surface area contributed by atoms with Gasteiger partial charge in [0.05, 0.1) is 0 Å². The first-order chi connectivity index (χ1) is 10.1. The third kappa shape index (κ3) is 2.68. The van der Waals surface area contributed by atoms with Gasteiger partial charge in [0.2, 0.25) is 0 Å². The predicted molar refractivity (Wildman–Crippen MR) is 89.4 cm³/mol. The summed E-state index contributed by atoms with van der Waals surface area (Å²) in [5.74, 6) is 0. The summed E-state index contributed by atoms with van der Waals surface area (Å²) in [6.45, 7) is 2.87. The van der Waals surface area contributed by atoms with Crippen molar-refractivity contribution >= 4 is 22.1 Å². The van der Waals surface area contributed by atoms with Gasteiger partial charge in [-0.05, 0) is 30.7 Å². The number of aryl methyl sites for hydroxylation is 1. The maximum Gasteiger partial charge on any atom is 0.0449 e. The van der Waals surface area contributed by atoms with Gasteiger partial charge in [-0.25, -0.2) is 0 Å². The van der Waals surface area contributed by atoms with E-state index in [1.807, 2.05) is 25.3 Å². The predicted octanol–water partition coefficient (Wildman–Crippen LogP) is 3.76. The number of rotatable bonds is 3. The molecular formula is C18H19N3. The fourth-order valence-electron chi connectivity index (χ4n) is 2.63. The molecule has 3 nitrogen and oxygen atoms in total. The molecule has 21 heavy (non-hydrogen) atoms. The Morgan fingerprint density at radius 2 is 1.81 bits per heavy atom. The van der Waals surface area contributed by atoms with Gasteiger partial charge < -0.3 is 10.6 Å². The zero-order valence-electron chi connectivity index (χ0n) is 12.4. The summed E-state index contributed by atoms with van der Waals surface area (Å²) in [5.41, 5.74) is 10.3. The third-order valence-electron chi connectivity index (χ3n) is 3.72. The first-order valence-corrected chi connectivity index (χ1v) is 7.05. The Kier molecular flexibility index (Phi) is 3.48. The molecule has 3 aromatic rings. The molecule has 106 valence electrons. The van der Waals surface area contributed by atoms with E-state index in [1.165, 1.54) is 11.3 Å². The van der Waals surface area contributed by atoms with Crippen LogP contribution in [0.25, 0.3) is 10.8 Å². The minimum Gasteiger partial charge on any atom is -0.398 e. The Labute approximate surface area is 125 Å². The minimum atomic E-state index is 0.773. The molecule has 0 radical (unpaired) electrons. The van der Waals surface area contributed by atoms with E-state index >= 15 is 0 Å². The van der Waals surface area contributed by atoms with Crippen molar-refractivity contribution in [1.29, 1.82) is 0 Å². The molecule has 3 heteroatoms. The maximum atomic E-state index is 6.07. The number of aromatic nitrogens is 1.